The van der Waals surface area contributed by atoms with Crippen molar-refractivity contribution < 1.29 is 23.0 Å². The van der Waals surface area contributed by atoms with E-state index in [0.717, 1.165) is 11.7 Å². The highest BCUT2D eigenvalue weighted by molar-refractivity contribution is 7.00. The maximum absolute atomic E-state index is 14.4. The maximum Gasteiger partial charge on any atom is 0.498 e. The first-order valence-corrected chi connectivity index (χ1v) is 6.46. The molecule has 0 N–H and O–H groups in total. The zero-order valence-electron chi connectivity index (χ0n) is 11.5. The van der Waals surface area contributed by atoms with Crippen LogP contribution in [0.15, 0.2) is 6.07 Å². The van der Waals surface area contributed by atoms with Gasteiger partial charge in [0.15, 0.2) is 0 Å². The van der Waals surface area contributed by atoms with Gasteiger partial charge in [-0.3, -0.25) is 0 Å². The summed E-state index contributed by atoms with van der Waals surface area (Å²) >= 11 is 0.978. The Morgan fingerprint density at radius 2 is 1.50 bits per heavy atom. The van der Waals surface area contributed by atoms with E-state index in [2.05, 4.69) is 8.75 Å². The van der Waals surface area contributed by atoms with E-state index in [-0.39, 0.29) is 5.46 Å². The third kappa shape index (κ3) is 2.57. The van der Waals surface area contributed by atoms with Crippen LogP contribution in [0.3, 0.4) is 0 Å². The first-order chi connectivity index (χ1) is 9.67. The zero-order valence-corrected chi connectivity index (χ0v) is 12.4. The van der Waals surface area contributed by atoms with E-state index in [4.69, 9.17) is 18.6 Å². The van der Waals surface area contributed by atoms with Gasteiger partial charge in [-0.15, -0.1) is 0 Å². The van der Waals surface area contributed by atoms with Crippen molar-refractivity contribution in [1.82, 2.24) is 8.75 Å². The molecule has 20 heavy (non-hydrogen) atoms. The molecule has 2 rings (SSSR count). The lowest BCUT2D eigenvalue weighted by Gasteiger charge is -2.14. The third-order valence-electron chi connectivity index (χ3n) is 2.90. The van der Waals surface area contributed by atoms with Crippen LogP contribution in [0.1, 0.15) is 0 Å². The number of hydrogen-bond acceptors (Lipinski definition) is 7. The molecule has 0 aliphatic rings. The molecule has 0 fully saturated rings. The molecule has 1 aromatic heterocycles. The van der Waals surface area contributed by atoms with Crippen LogP contribution in [-0.2, 0) is 18.6 Å². The van der Waals surface area contributed by atoms with Crippen molar-refractivity contribution in [1.29, 1.82) is 0 Å². The molecule has 2 aromatic rings. The standard InChI is InChI=1S/C10H13B2FN2O4S/c1-16-11(17-2)6-5-7(13)8(12(18-3)19-4)10-9(6)14-20-15-10/h5H,1-4H3. The minimum Gasteiger partial charge on any atom is -0.410 e. The van der Waals surface area contributed by atoms with Crippen molar-refractivity contribution in [3.05, 3.63) is 11.9 Å². The highest BCUT2D eigenvalue weighted by Gasteiger charge is 2.32. The molecule has 0 aliphatic carbocycles. The zero-order chi connectivity index (χ0) is 14.7. The van der Waals surface area contributed by atoms with E-state index in [9.17, 15) is 4.39 Å². The van der Waals surface area contributed by atoms with Gasteiger partial charge in [-0.05, 0) is 6.07 Å². The van der Waals surface area contributed by atoms with Crippen molar-refractivity contribution in [2.45, 2.75) is 0 Å². The summed E-state index contributed by atoms with van der Waals surface area (Å²) < 4.78 is 43.2. The molecular weight excluding hydrogens is 285 g/mol. The highest BCUT2D eigenvalue weighted by atomic mass is 32.1. The average Bonchev–Trinajstić information content (AvgIpc) is 2.93. The van der Waals surface area contributed by atoms with Gasteiger partial charge < -0.3 is 18.6 Å². The average molecular weight is 298 g/mol. The van der Waals surface area contributed by atoms with E-state index in [1.807, 2.05) is 0 Å². The first-order valence-electron chi connectivity index (χ1n) is 5.73. The molecular formula is C10H13B2FN2O4S. The summed E-state index contributed by atoms with van der Waals surface area (Å²) in [4.78, 5) is 0. The maximum atomic E-state index is 14.4. The molecule has 0 aliphatic heterocycles. The van der Waals surface area contributed by atoms with Crippen LogP contribution in [0.4, 0.5) is 4.39 Å². The minimum atomic E-state index is -0.848. The second-order valence-electron chi connectivity index (χ2n) is 3.93. The smallest absolute Gasteiger partial charge is 0.410 e. The highest BCUT2D eigenvalue weighted by Crippen LogP contribution is 2.12. The van der Waals surface area contributed by atoms with Crippen molar-refractivity contribution in [2.75, 3.05) is 28.4 Å². The van der Waals surface area contributed by atoms with Crippen LogP contribution in [0.25, 0.3) is 11.0 Å². The van der Waals surface area contributed by atoms with Crippen molar-refractivity contribution in [3.63, 3.8) is 0 Å². The number of nitrogens with zero attached hydrogens (tertiary/aromatic N) is 2. The summed E-state index contributed by atoms with van der Waals surface area (Å²) in [5.74, 6) is -0.506. The van der Waals surface area contributed by atoms with Gasteiger partial charge >= 0.3 is 14.2 Å². The minimum absolute atomic E-state index is 0.216. The van der Waals surface area contributed by atoms with E-state index >= 15 is 0 Å². The molecule has 106 valence electrons. The molecule has 1 heterocycles. The van der Waals surface area contributed by atoms with Gasteiger partial charge in [0.2, 0.25) is 0 Å². The molecule has 0 saturated heterocycles. The Balaban J connectivity index is 2.67. The summed E-state index contributed by atoms with van der Waals surface area (Å²) in [5.41, 5.74) is 1.59. The summed E-state index contributed by atoms with van der Waals surface area (Å²) in [5, 5.41) is 0. The Bertz CT molecular complexity index is 592. The van der Waals surface area contributed by atoms with Gasteiger partial charge in [0, 0.05) is 39.4 Å². The molecule has 0 radical (unpaired) electrons. The molecule has 0 bridgehead atoms. The van der Waals surface area contributed by atoms with Crippen LogP contribution in [0, 0.1) is 5.82 Å². The van der Waals surface area contributed by atoms with Crippen LogP contribution in [0.5, 0.6) is 0 Å². The number of fused-ring (bicyclic) bond motifs is 1. The molecule has 1 aromatic carbocycles. The number of aromatic nitrogens is 2. The van der Waals surface area contributed by atoms with Crippen LogP contribution < -0.4 is 10.9 Å². The van der Waals surface area contributed by atoms with E-state index in [1.54, 1.807) is 0 Å². The van der Waals surface area contributed by atoms with Gasteiger partial charge in [0.25, 0.3) is 0 Å². The second kappa shape index (κ2) is 6.59. The lowest BCUT2D eigenvalue weighted by Crippen LogP contribution is -2.42. The summed E-state index contributed by atoms with van der Waals surface area (Å²) in [6, 6.07) is 1.31. The topological polar surface area (TPSA) is 62.7 Å². The molecule has 6 nitrogen and oxygen atoms in total. The van der Waals surface area contributed by atoms with Crippen molar-refractivity contribution in [3.8, 4) is 0 Å². The fraction of sp³-hybridized carbons (Fsp3) is 0.400. The van der Waals surface area contributed by atoms with Gasteiger partial charge in [0.05, 0.1) is 11.7 Å². The summed E-state index contributed by atoms with van der Waals surface area (Å²) in [6.45, 7) is 0. The Labute approximate surface area is 120 Å². The molecule has 10 heteroatoms. The first kappa shape index (κ1) is 15.3. The van der Waals surface area contributed by atoms with E-state index in [0.29, 0.717) is 16.5 Å². The molecule has 0 amide bonds. The van der Waals surface area contributed by atoms with Crippen molar-refractivity contribution in [2.24, 2.45) is 0 Å². The quantitative estimate of drug-likeness (QED) is 0.689. The Morgan fingerprint density at radius 1 is 0.950 bits per heavy atom. The summed E-state index contributed by atoms with van der Waals surface area (Å²) in [6.07, 6.45) is 0. The number of rotatable bonds is 6. The molecule has 0 spiro atoms. The largest absolute Gasteiger partial charge is 0.498 e. The predicted molar refractivity (Wildman–Crippen MR) is 76.2 cm³/mol. The monoisotopic (exact) mass is 298 g/mol. The molecule has 0 unspecified atom stereocenters. The van der Waals surface area contributed by atoms with Gasteiger partial charge in [0.1, 0.15) is 16.9 Å². The number of benzene rings is 1. The lowest BCUT2D eigenvalue weighted by atomic mass is 9.72. The van der Waals surface area contributed by atoms with E-state index < -0.39 is 20.1 Å². The molecule has 0 saturated carbocycles. The Hall–Kier alpha value is -1.06. The Morgan fingerprint density at radius 3 is 2.05 bits per heavy atom. The Kier molecular flexibility index (Phi) is 5.06. The van der Waals surface area contributed by atoms with Crippen LogP contribution >= 0.6 is 11.7 Å². The number of hydrogen-bond donors (Lipinski definition) is 0. The lowest BCUT2D eigenvalue weighted by molar-refractivity contribution is 0.290. The fourth-order valence-electron chi connectivity index (χ4n) is 2.04. The third-order valence-corrected chi connectivity index (χ3v) is 3.43. The predicted octanol–water partition coefficient (Wildman–Crippen LogP) is -0.194. The normalized spacial score (nSPS) is 11.1. The second-order valence-corrected chi connectivity index (χ2v) is 4.46. The van der Waals surface area contributed by atoms with E-state index in [1.165, 1.54) is 34.5 Å². The molecule has 0 atom stereocenters. The number of halogens is 1. The van der Waals surface area contributed by atoms with Gasteiger partial charge in [-0.1, -0.05) is 0 Å². The van der Waals surface area contributed by atoms with Crippen LogP contribution in [-0.4, -0.2) is 51.4 Å². The SMILES string of the molecule is COB(OC)c1cc(F)c(B(OC)OC)c2nsnc12. The van der Waals surface area contributed by atoms with Crippen LogP contribution in [0.2, 0.25) is 0 Å². The van der Waals surface area contributed by atoms with Gasteiger partial charge in [-0.2, -0.15) is 8.75 Å². The van der Waals surface area contributed by atoms with Gasteiger partial charge in [-0.25, -0.2) is 4.39 Å². The summed E-state index contributed by atoms with van der Waals surface area (Å²) in [7, 11) is 4.24. The fourth-order valence-corrected chi connectivity index (χ4v) is 2.62. The van der Waals surface area contributed by atoms with Crippen molar-refractivity contribution >= 4 is 47.9 Å².